The number of allylic oxidation sites excluding steroid dienone is 1. The molecule has 10 nitrogen and oxygen atoms in total. The van der Waals surface area contributed by atoms with E-state index < -0.39 is 5.82 Å². The lowest BCUT2D eigenvalue weighted by Crippen LogP contribution is -2.42. The average Bonchev–Trinajstić information content (AvgIpc) is 3.30. The minimum Gasteiger partial charge on any atom is -0.460 e. The number of benzene rings is 1. The highest BCUT2D eigenvalue weighted by Crippen LogP contribution is 2.41. The summed E-state index contributed by atoms with van der Waals surface area (Å²) in [6, 6.07) is 3.07. The SMILES string of the molecule is C=CC(=O)C1=CCCN(c2nc(O[C@@H]3CCN(C)CC3C)nc3c(Oc4c(Cl)c(F)cc5[nH]ncc45)nc(Cl)cc23)CC1. The van der Waals surface area contributed by atoms with Crippen LogP contribution in [-0.2, 0) is 4.79 Å². The molecule has 0 bridgehead atoms. The molecular weight excluding hydrogens is 596 g/mol. The Morgan fingerprint density at radius 2 is 2.02 bits per heavy atom. The number of aromatic nitrogens is 5. The van der Waals surface area contributed by atoms with Crippen LogP contribution in [0.5, 0.6) is 17.6 Å². The number of rotatable bonds is 7. The van der Waals surface area contributed by atoms with E-state index in [4.69, 9.17) is 42.6 Å². The molecule has 2 aliphatic heterocycles. The van der Waals surface area contributed by atoms with Crippen LogP contribution in [0.3, 0.4) is 0 Å². The third-order valence-electron chi connectivity index (χ3n) is 7.90. The van der Waals surface area contributed by atoms with Gasteiger partial charge in [-0.2, -0.15) is 20.1 Å². The van der Waals surface area contributed by atoms with Crippen LogP contribution >= 0.6 is 23.2 Å². The molecule has 43 heavy (non-hydrogen) atoms. The highest BCUT2D eigenvalue weighted by atomic mass is 35.5. The molecule has 4 aromatic rings. The van der Waals surface area contributed by atoms with Crippen molar-refractivity contribution >= 4 is 56.6 Å². The molecule has 1 saturated heterocycles. The fourth-order valence-corrected chi connectivity index (χ4v) is 6.05. The maximum Gasteiger partial charge on any atom is 0.319 e. The van der Waals surface area contributed by atoms with Crippen molar-refractivity contribution in [2.24, 2.45) is 5.92 Å². The predicted octanol–water partition coefficient (Wildman–Crippen LogP) is 6.14. The number of H-pyrrole nitrogens is 1. The van der Waals surface area contributed by atoms with Crippen LogP contribution in [0.4, 0.5) is 10.2 Å². The minimum absolute atomic E-state index is 0.0119. The first-order chi connectivity index (χ1) is 20.7. The molecule has 1 unspecified atom stereocenters. The van der Waals surface area contributed by atoms with E-state index in [0.717, 1.165) is 19.5 Å². The smallest absolute Gasteiger partial charge is 0.319 e. The third kappa shape index (κ3) is 5.89. The van der Waals surface area contributed by atoms with Crippen molar-refractivity contribution in [1.29, 1.82) is 0 Å². The number of halogens is 3. The first-order valence-corrected chi connectivity index (χ1v) is 14.8. The van der Waals surface area contributed by atoms with Crippen molar-refractivity contribution in [3.8, 4) is 17.6 Å². The van der Waals surface area contributed by atoms with Gasteiger partial charge in [0.15, 0.2) is 11.5 Å². The van der Waals surface area contributed by atoms with Gasteiger partial charge >= 0.3 is 6.01 Å². The van der Waals surface area contributed by atoms with Crippen LogP contribution in [0, 0.1) is 11.7 Å². The first-order valence-electron chi connectivity index (χ1n) is 14.0. The number of ketones is 1. The van der Waals surface area contributed by atoms with Crippen LogP contribution in [0.2, 0.25) is 10.2 Å². The Bertz CT molecular complexity index is 1760. The van der Waals surface area contributed by atoms with Crippen molar-refractivity contribution in [1.82, 2.24) is 30.0 Å². The summed E-state index contributed by atoms with van der Waals surface area (Å²) < 4.78 is 27.4. The molecule has 0 radical (unpaired) electrons. The van der Waals surface area contributed by atoms with Crippen LogP contribution in [0.1, 0.15) is 26.2 Å². The number of ether oxygens (including phenoxy) is 2. The number of fused-ring (bicyclic) bond motifs is 2. The number of carbonyl (C=O) groups is 1. The van der Waals surface area contributed by atoms with E-state index in [9.17, 15) is 9.18 Å². The Morgan fingerprint density at radius 3 is 2.81 bits per heavy atom. The number of piperidine rings is 1. The van der Waals surface area contributed by atoms with E-state index in [1.165, 1.54) is 18.3 Å². The number of anilines is 1. The average molecular weight is 627 g/mol. The Morgan fingerprint density at radius 1 is 1.19 bits per heavy atom. The van der Waals surface area contributed by atoms with Gasteiger partial charge in [-0.3, -0.25) is 9.89 Å². The second kappa shape index (κ2) is 12.1. The highest BCUT2D eigenvalue weighted by Gasteiger charge is 2.29. The molecule has 3 aromatic heterocycles. The molecule has 0 aliphatic carbocycles. The fraction of sp³-hybridized carbons (Fsp3) is 0.367. The molecule has 0 saturated carbocycles. The Labute approximate surface area is 257 Å². The quantitative estimate of drug-likeness (QED) is 0.191. The van der Waals surface area contributed by atoms with Crippen LogP contribution in [0.15, 0.2) is 42.6 Å². The Balaban J connectivity index is 1.46. The monoisotopic (exact) mass is 625 g/mol. The molecule has 2 aliphatic rings. The van der Waals surface area contributed by atoms with E-state index in [0.29, 0.717) is 59.1 Å². The van der Waals surface area contributed by atoms with Crippen LogP contribution in [-0.4, -0.2) is 75.2 Å². The minimum atomic E-state index is -0.683. The van der Waals surface area contributed by atoms with Gasteiger partial charge < -0.3 is 19.3 Å². The van der Waals surface area contributed by atoms with E-state index >= 15 is 0 Å². The van der Waals surface area contributed by atoms with Crippen molar-refractivity contribution in [2.45, 2.75) is 32.3 Å². The molecule has 13 heteroatoms. The maximum atomic E-state index is 14.7. The summed E-state index contributed by atoms with van der Waals surface area (Å²) in [6.07, 6.45) is 6.62. The molecule has 5 heterocycles. The predicted molar refractivity (Wildman–Crippen MR) is 164 cm³/mol. The van der Waals surface area contributed by atoms with Crippen molar-refractivity contribution < 1.29 is 18.7 Å². The normalized spacial score (nSPS) is 19.7. The lowest BCUT2D eigenvalue weighted by Gasteiger charge is -2.34. The van der Waals surface area contributed by atoms with Gasteiger partial charge in [0.05, 0.1) is 22.5 Å². The summed E-state index contributed by atoms with van der Waals surface area (Å²) >= 11 is 12.9. The van der Waals surface area contributed by atoms with E-state index in [2.05, 4.69) is 45.5 Å². The molecule has 1 N–H and O–H groups in total. The molecule has 1 aromatic carbocycles. The lowest BCUT2D eigenvalue weighted by atomic mass is 9.97. The molecule has 224 valence electrons. The van der Waals surface area contributed by atoms with E-state index in [1.54, 1.807) is 6.07 Å². The van der Waals surface area contributed by atoms with E-state index in [1.807, 2.05) is 6.08 Å². The summed E-state index contributed by atoms with van der Waals surface area (Å²) in [6.45, 7) is 8.64. The molecular formula is C30H30Cl2FN7O3. The second-order valence-corrected chi connectivity index (χ2v) is 11.7. The van der Waals surface area contributed by atoms with Gasteiger partial charge in [-0.05, 0) is 44.0 Å². The number of hydrogen-bond acceptors (Lipinski definition) is 9. The number of aromatic amines is 1. The fourth-order valence-electron chi connectivity index (χ4n) is 5.67. The summed E-state index contributed by atoms with van der Waals surface area (Å²) in [4.78, 5) is 30.7. The zero-order valence-corrected chi connectivity index (χ0v) is 25.3. The second-order valence-electron chi connectivity index (χ2n) is 10.9. The third-order valence-corrected chi connectivity index (χ3v) is 8.45. The zero-order chi connectivity index (χ0) is 30.2. The number of nitrogens with zero attached hydrogens (tertiary/aromatic N) is 6. The zero-order valence-electron chi connectivity index (χ0n) is 23.7. The van der Waals surface area contributed by atoms with Crippen LogP contribution in [0.25, 0.3) is 21.8 Å². The lowest BCUT2D eigenvalue weighted by molar-refractivity contribution is -0.111. The van der Waals surface area contributed by atoms with Gasteiger partial charge in [-0.15, -0.1) is 0 Å². The standard InChI is InChI=1S/C30H30Cl2FN7O3/c1-4-22(41)17-6-5-9-40(11-7-17)28-18-12-24(31)35-29(43-27-19-14-34-38-21(19)13-20(33)25(27)32)26(18)36-30(37-28)42-23-8-10-39(3)15-16(23)2/h4,6,12-14,16,23H,1,5,7-11,15H2,2-3H3,(H,34,38)/t16?,23-/m1/s1. The summed E-state index contributed by atoms with van der Waals surface area (Å²) in [7, 11) is 2.09. The van der Waals surface area contributed by atoms with Gasteiger partial charge in [-0.25, -0.2) is 4.39 Å². The number of nitrogens with one attached hydrogen (secondary N) is 1. The number of likely N-dealkylation sites (tertiary alicyclic amines) is 1. The van der Waals surface area contributed by atoms with Gasteiger partial charge in [0.1, 0.15) is 33.4 Å². The van der Waals surface area contributed by atoms with Crippen molar-refractivity contribution in [3.05, 3.63) is 58.6 Å². The van der Waals surface area contributed by atoms with Crippen LogP contribution < -0.4 is 14.4 Å². The largest absolute Gasteiger partial charge is 0.460 e. The summed E-state index contributed by atoms with van der Waals surface area (Å²) in [5.74, 6) is 0.0787. The van der Waals surface area contributed by atoms with Gasteiger partial charge in [-0.1, -0.05) is 42.8 Å². The first kappa shape index (κ1) is 29.3. The highest BCUT2D eigenvalue weighted by molar-refractivity contribution is 6.33. The molecule has 0 amide bonds. The molecule has 2 atom stereocenters. The van der Waals surface area contributed by atoms with Crippen molar-refractivity contribution in [2.75, 3.05) is 38.1 Å². The Kier molecular flexibility index (Phi) is 8.21. The topological polar surface area (TPSA) is 109 Å². The van der Waals surface area contributed by atoms with Gasteiger partial charge in [0, 0.05) is 38.2 Å². The number of carbonyl (C=O) groups excluding carboxylic acids is 1. The number of hydrogen-bond donors (Lipinski definition) is 1. The summed E-state index contributed by atoms with van der Waals surface area (Å²) in [5.41, 5.74) is 1.43. The molecule has 1 fully saturated rings. The molecule has 6 rings (SSSR count). The number of pyridine rings is 1. The maximum absolute atomic E-state index is 14.7. The molecule has 0 spiro atoms. The summed E-state index contributed by atoms with van der Waals surface area (Å²) in [5, 5.41) is 7.65. The van der Waals surface area contributed by atoms with Gasteiger partial charge in [0.25, 0.3) is 0 Å². The Hall–Kier alpha value is -3.80. The van der Waals surface area contributed by atoms with Gasteiger partial charge in [0.2, 0.25) is 5.88 Å². The van der Waals surface area contributed by atoms with E-state index in [-0.39, 0.29) is 45.6 Å². The van der Waals surface area contributed by atoms with Crippen molar-refractivity contribution in [3.63, 3.8) is 0 Å².